The van der Waals surface area contributed by atoms with Crippen molar-refractivity contribution >= 4 is 13.3 Å². The van der Waals surface area contributed by atoms with Gasteiger partial charge in [0, 0.05) is 0 Å². The van der Waals surface area contributed by atoms with E-state index in [-0.39, 0.29) is 6.10 Å². The van der Waals surface area contributed by atoms with Crippen LogP contribution in [0, 0.1) is 0 Å². The van der Waals surface area contributed by atoms with E-state index in [1.54, 1.807) is 10.4 Å². The predicted molar refractivity (Wildman–Crippen MR) is 74.0 cm³/mol. The molecule has 1 aromatic carbocycles. The maximum atomic E-state index is 9.89. The first kappa shape index (κ1) is 11.2. The highest BCUT2D eigenvalue weighted by atomic mass is 28.3. The van der Waals surface area contributed by atoms with Gasteiger partial charge < -0.3 is 5.11 Å². The van der Waals surface area contributed by atoms with Crippen molar-refractivity contribution in [2.75, 3.05) is 0 Å². The lowest BCUT2D eigenvalue weighted by atomic mass is 10.1. The van der Waals surface area contributed by atoms with E-state index in [0.29, 0.717) is 0 Å². The molecule has 2 heteroatoms. The van der Waals surface area contributed by atoms with E-state index >= 15 is 0 Å². The van der Waals surface area contributed by atoms with Crippen LogP contribution < -0.4 is 5.19 Å². The SMILES string of the molecule is O[C@@H]1CC[Si@]2(c3ccccc3)CCCC=C2C1. The predicted octanol–water partition coefficient (Wildman–Crippen LogP) is 2.76. The van der Waals surface area contributed by atoms with Crippen LogP contribution in [-0.2, 0) is 0 Å². The average Bonchev–Trinajstić information content (AvgIpc) is 2.40. The van der Waals surface area contributed by atoms with Crippen molar-refractivity contribution in [3.8, 4) is 0 Å². The summed E-state index contributed by atoms with van der Waals surface area (Å²) in [5.74, 6) is 0. The van der Waals surface area contributed by atoms with Crippen LogP contribution in [0.3, 0.4) is 0 Å². The lowest BCUT2D eigenvalue weighted by Crippen LogP contribution is -2.54. The molecule has 1 fully saturated rings. The van der Waals surface area contributed by atoms with Gasteiger partial charge in [-0.1, -0.05) is 53.2 Å². The fourth-order valence-electron chi connectivity index (χ4n) is 3.60. The van der Waals surface area contributed by atoms with Gasteiger partial charge in [-0.25, -0.2) is 0 Å². The standard InChI is InChI=1S/C15H20OSi/c16-13-9-11-17(14-6-2-1-3-7-14)10-5-4-8-15(17)12-13/h1-3,6-8,13,16H,4-5,9-12H2/t13-,17+/m1/s1. The third-order valence-electron chi connectivity index (χ3n) is 4.50. The van der Waals surface area contributed by atoms with Gasteiger partial charge in [-0.2, -0.15) is 0 Å². The van der Waals surface area contributed by atoms with Gasteiger partial charge in [-0.15, -0.1) is 0 Å². The molecule has 1 nitrogen and oxygen atoms in total. The Bertz CT molecular complexity index is 426. The van der Waals surface area contributed by atoms with Crippen LogP contribution >= 0.6 is 0 Å². The summed E-state index contributed by atoms with van der Waals surface area (Å²) in [5, 5.41) is 13.1. The summed E-state index contributed by atoms with van der Waals surface area (Å²) in [7, 11) is -1.42. The first-order chi connectivity index (χ1) is 8.31. The second-order valence-electron chi connectivity index (χ2n) is 5.47. The normalized spacial score (nSPS) is 32.8. The largest absolute Gasteiger partial charge is 0.393 e. The van der Waals surface area contributed by atoms with Crippen molar-refractivity contribution < 1.29 is 5.11 Å². The highest BCUT2D eigenvalue weighted by molar-refractivity contribution is 6.98. The number of hydrogen-bond acceptors (Lipinski definition) is 1. The van der Waals surface area contributed by atoms with E-state index in [9.17, 15) is 5.11 Å². The van der Waals surface area contributed by atoms with Crippen LogP contribution in [-0.4, -0.2) is 19.3 Å². The number of allylic oxidation sites excluding steroid dienone is 1. The van der Waals surface area contributed by atoms with Gasteiger partial charge in [-0.3, -0.25) is 0 Å². The lowest BCUT2D eigenvalue weighted by molar-refractivity contribution is 0.167. The highest BCUT2D eigenvalue weighted by Gasteiger charge is 2.43. The molecule has 1 aromatic rings. The number of aliphatic hydroxyl groups is 1. The van der Waals surface area contributed by atoms with Crippen LogP contribution in [0.15, 0.2) is 41.6 Å². The van der Waals surface area contributed by atoms with E-state index in [0.717, 1.165) is 12.8 Å². The second kappa shape index (κ2) is 4.43. The Labute approximate surface area is 104 Å². The molecule has 2 aliphatic rings. The molecule has 0 spiro atoms. The van der Waals surface area contributed by atoms with Gasteiger partial charge in [0.15, 0.2) is 0 Å². The average molecular weight is 244 g/mol. The molecule has 17 heavy (non-hydrogen) atoms. The molecule has 1 saturated heterocycles. The van der Waals surface area contributed by atoms with Gasteiger partial charge in [0.25, 0.3) is 0 Å². The van der Waals surface area contributed by atoms with E-state index in [2.05, 4.69) is 36.4 Å². The summed E-state index contributed by atoms with van der Waals surface area (Å²) in [6, 6.07) is 13.8. The molecule has 0 saturated carbocycles. The Morgan fingerprint density at radius 2 is 1.94 bits per heavy atom. The van der Waals surface area contributed by atoms with Gasteiger partial charge >= 0.3 is 0 Å². The minimum Gasteiger partial charge on any atom is -0.393 e. The van der Waals surface area contributed by atoms with Crippen LogP contribution in [0.1, 0.15) is 25.7 Å². The monoisotopic (exact) mass is 244 g/mol. The Kier molecular flexibility index (Phi) is 2.93. The first-order valence-corrected chi connectivity index (χ1v) is 9.16. The number of benzene rings is 1. The molecule has 2 atom stereocenters. The van der Waals surface area contributed by atoms with Crippen LogP contribution in [0.2, 0.25) is 12.1 Å². The van der Waals surface area contributed by atoms with Gasteiger partial charge in [0.2, 0.25) is 0 Å². The fourth-order valence-corrected chi connectivity index (χ4v) is 9.07. The molecule has 0 unspecified atom stereocenters. The Hall–Kier alpha value is -0.863. The van der Waals surface area contributed by atoms with Gasteiger partial charge in [-0.05, 0) is 31.4 Å². The maximum Gasteiger partial charge on any atom is 0.113 e. The first-order valence-electron chi connectivity index (χ1n) is 6.74. The summed E-state index contributed by atoms with van der Waals surface area (Å²) in [5.41, 5.74) is 0. The molecule has 2 aliphatic heterocycles. The molecule has 0 aromatic heterocycles. The van der Waals surface area contributed by atoms with Gasteiger partial charge in [0.1, 0.15) is 8.07 Å². The van der Waals surface area contributed by atoms with E-state index in [1.165, 1.54) is 24.9 Å². The van der Waals surface area contributed by atoms with Crippen molar-refractivity contribution in [1.82, 2.24) is 0 Å². The summed E-state index contributed by atoms with van der Waals surface area (Å²) < 4.78 is 0. The molecule has 0 amide bonds. The number of rotatable bonds is 1. The Morgan fingerprint density at radius 3 is 2.76 bits per heavy atom. The van der Waals surface area contributed by atoms with Crippen LogP contribution in [0.4, 0.5) is 0 Å². The zero-order valence-corrected chi connectivity index (χ0v) is 11.2. The minimum atomic E-state index is -1.42. The fraction of sp³-hybridized carbons (Fsp3) is 0.467. The van der Waals surface area contributed by atoms with E-state index in [4.69, 9.17) is 0 Å². The van der Waals surface area contributed by atoms with Crippen molar-refractivity contribution in [2.45, 2.75) is 43.9 Å². The smallest absolute Gasteiger partial charge is 0.113 e. The molecule has 0 aliphatic carbocycles. The summed E-state index contributed by atoms with van der Waals surface area (Å²) in [6.07, 6.45) is 6.90. The summed E-state index contributed by atoms with van der Waals surface area (Å²) in [6.45, 7) is 0. The van der Waals surface area contributed by atoms with Crippen molar-refractivity contribution in [3.63, 3.8) is 0 Å². The molecule has 0 radical (unpaired) electrons. The number of aliphatic hydroxyl groups excluding tert-OH is 1. The van der Waals surface area contributed by atoms with Crippen molar-refractivity contribution in [1.29, 1.82) is 0 Å². The summed E-state index contributed by atoms with van der Waals surface area (Å²) in [4.78, 5) is 0. The molecule has 90 valence electrons. The quantitative estimate of drug-likeness (QED) is 0.753. The molecular weight excluding hydrogens is 224 g/mol. The van der Waals surface area contributed by atoms with E-state index in [1.807, 2.05) is 0 Å². The van der Waals surface area contributed by atoms with Crippen LogP contribution in [0.5, 0.6) is 0 Å². The number of fused-ring (bicyclic) bond motifs is 1. The third-order valence-corrected chi connectivity index (χ3v) is 9.92. The van der Waals surface area contributed by atoms with Crippen molar-refractivity contribution in [3.05, 3.63) is 41.6 Å². The number of hydrogen-bond donors (Lipinski definition) is 1. The Morgan fingerprint density at radius 1 is 1.12 bits per heavy atom. The summed E-state index contributed by atoms with van der Waals surface area (Å²) >= 11 is 0. The molecule has 1 N–H and O–H groups in total. The zero-order chi connectivity index (χ0) is 11.7. The molecule has 0 bridgehead atoms. The topological polar surface area (TPSA) is 20.2 Å². The highest BCUT2D eigenvalue weighted by Crippen LogP contribution is 2.39. The second-order valence-corrected chi connectivity index (χ2v) is 9.85. The maximum absolute atomic E-state index is 9.89. The Balaban J connectivity index is 2.04. The minimum absolute atomic E-state index is 0.0799. The molecule has 3 rings (SSSR count). The zero-order valence-electron chi connectivity index (χ0n) is 10.2. The molecular formula is C15H20OSi. The lowest BCUT2D eigenvalue weighted by Gasteiger charge is -2.42. The third kappa shape index (κ3) is 1.89. The van der Waals surface area contributed by atoms with E-state index < -0.39 is 8.07 Å². The molecule has 2 heterocycles. The van der Waals surface area contributed by atoms with Crippen LogP contribution in [0.25, 0.3) is 0 Å². The van der Waals surface area contributed by atoms with Crippen molar-refractivity contribution in [2.24, 2.45) is 0 Å². The van der Waals surface area contributed by atoms with Gasteiger partial charge in [0.05, 0.1) is 6.10 Å².